The molecule has 23 heavy (non-hydrogen) atoms. The van der Waals surface area contributed by atoms with Gasteiger partial charge >= 0.3 is 0 Å². The Kier molecular flexibility index (Phi) is 4.59. The van der Waals surface area contributed by atoms with Gasteiger partial charge in [-0.15, -0.1) is 0 Å². The first-order chi connectivity index (χ1) is 11.0. The minimum atomic E-state index is -1.00. The monoisotopic (exact) mass is 316 g/mol. The van der Waals surface area contributed by atoms with Gasteiger partial charge < -0.3 is 9.84 Å². The number of hydrogen-bond donors (Lipinski definition) is 1. The fourth-order valence-corrected chi connectivity index (χ4v) is 2.99. The average Bonchev–Trinajstić information content (AvgIpc) is 2.51. The Bertz CT molecular complexity index is 648. The lowest BCUT2D eigenvalue weighted by Gasteiger charge is -2.42. The van der Waals surface area contributed by atoms with Gasteiger partial charge in [-0.1, -0.05) is 12.1 Å². The number of aliphatic hydroxyl groups is 1. The second-order valence-electron chi connectivity index (χ2n) is 6.24. The maximum absolute atomic E-state index is 13.3. The van der Waals surface area contributed by atoms with Crippen LogP contribution in [0, 0.1) is 5.82 Å². The van der Waals surface area contributed by atoms with Gasteiger partial charge in [-0.25, -0.2) is 4.39 Å². The third kappa shape index (κ3) is 4.06. The molecule has 1 N–H and O–H groups in total. The summed E-state index contributed by atoms with van der Waals surface area (Å²) in [6.07, 6.45) is 2.09. The molecular weight excluding hydrogens is 295 g/mol. The summed E-state index contributed by atoms with van der Waals surface area (Å²) in [5, 5.41) is 10.7. The molecule has 0 radical (unpaired) electrons. The topological polar surface area (TPSA) is 45.6 Å². The SMILES string of the molecule is C[C@]1(O)CN(Cc2ccccn2)CC[C@@H]1Oc1cccc(F)c1. The van der Waals surface area contributed by atoms with Crippen molar-refractivity contribution in [2.24, 2.45) is 0 Å². The number of aromatic nitrogens is 1. The van der Waals surface area contributed by atoms with Gasteiger partial charge in [0.05, 0.1) is 5.69 Å². The maximum atomic E-state index is 13.3. The summed E-state index contributed by atoms with van der Waals surface area (Å²) >= 11 is 0. The molecule has 5 heteroatoms. The largest absolute Gasteiger partial charge is 0.487 e. The van der Waals surface area contributed by atoms with Crippen LogP contribution in [0.2, 0.25) is 0 Å². The Morgan fingerprint density at radius 2 is 2.22 bits per heavy atom. The van der Waals surface area contributed by atoms with Crippen molar-refractivity contribution in [3.05, 3.63) is 60.2 Å². The molecular formula is C18H21FN2O2. The van der Waals surface area contributed by atoms with Crippen LogP contribution < -0.4 is 4.74 Å². The lowest BCUT2D eigenvalue weighted by Crippen LogP contribution is -2.56. The smallest absolute Gasteiger partial charge is 0.129 e. The molecule has 0 amide bonds. The number of benzene rings is 1. The molecule has 0 bridgehead atoms. The number of rotatable bonds is 4. The molecule has 2 atom stereocenters. The molecule has 0 spiro atoms. The van der Waals surface area contributed by atoms with Crippen molar-refractivity contribution in [2.45, 2.75) is 31.6 Å². The van der Waals surface area contributed by atoms with Gasteiger partial charge in [-0.2, -0.15) is 0 Å². The zero-order valence-corrected chi connectivity index (χ0v) is 13.2. The van der Waals surface area contributed by atoms with Gasteiger partial charge in [-0.05, 0) is 37.6 Å². The van der Waals surface area contributed by atoms with Gasteiger partial charge in [-0.3, -0.25) is 9.88 Å². The fraction of sp³-hybridized carbons (Fsp3) is 0.389. The van der Waals surface area contributed by atoms with E-state index in [0.717, 1.165) is 12.2 Å². The maximum Gasteiger partial charge on any atom is 0.129 e. The Morgan fingerprint density at radius 3 is 2.91 bits per heavy atom. The Hall–Kier alpha value is -1.98. The molecule has 122 valence electrons. The van der Waals surface area contributed by atoms with E-state index in [1.807, 2.05) is 18.2 Å². The normalized spacial score (nSPS) is 25.3. The van der Waals surface area contributed by atoms with Crippen LogP contribution in [-0.2, 0) is 6.54 Å². The molecule has 2 aromatic rings. The zero-order chi connectivity index (χ0) is 16.3. The summed E-state index contributed by atoms with van der Waals surface area (Å²) in [5.41, 5.74) is -0.0212. The lowest BCUT2D eigenvalue weighted by molar-refractivity contribution is -0.0995. The highest BCUT2D eigenvalue weighted by atomic mass is 19.1. The van der Waals surface area contributed by atoms with Crippen LogP contribution in [0.5, 0.6) is 5.75 Å². The summed E-state index contributed by atoms with van der Waals surface area (Å²) in [7, 11) is 0. The Labute approximate surface area is 135 Å². The molecule has 1 aromatic carbocycles. The Balaban J connectivity index is 1.63. The first-order valence-electron chi connectivity index (χ1n) is 7.80. The predicted octanol–water partition coefficient (Wildman–Crippen LogP) is 2.63. The fourth-order valence-electron chi connectivity index (χ4n) is 2.99. The van der Waals surface area contributed by atoms with Crippen molar-refractivity contribution in [2.75, 3.05) is 13.1 Å². The van der Waals surface area contributed by atoms with E-state index in [1.54, 1.807) is 25.3 Å². The Morgan fingerprint density at radius 1 is 1.35 bits per heavy atom. The van der Waals surface area contributed by atoms with Crippen molar-refractivity contribution in [3.63, 3.8) is 0 Å². The minimum Gasteiger partial charge on any atom is -0.487 e. The van der Waals surface area contributed by atoms with Crippen molar-refractivity contribution in [1.29, 1.82) is 0 Å². The highest BCUT2D eigenvalue weighted by Gasteiger charge is 2.39. The molecule has 1 aromatic heterocycles. The van der Waals surface area contributed by atoms with Crippen LogP contribution in [-0.4, -0.2) is 39.8 Å². The summed E-state index contributed by atoms with van der Waals surface area (Å²) in [6, 6.07) is 11.9. The third-order valence-electron chi connectivity index (χ3n) is 4.13. The van der Waals surface area contributed by atoms with Crippen molar-refractivity contribution >= 4 is 0 Å². The average molecular weight is 316 g/mol. The number of halogens is 1. The minimum absolute atomic E-state index is 0.338. The van der Waals surface area contributed by atoms with E-state index in [2.05, 4.69) is 9.88 Å². The van der Waals surface area contributed by atoms with E-state index in [-0.39, 0.29) is 11.9 Å². The van der Waals surface area contributed by atoms with Gasteiger partial charge in [0.15, 0.2) is 0 Å². The summed E-state index contributed by atoms with van der Waals surface area (Å²) in [4.78, 5) is 6.48. The van der Waals surface area contributed by atoms with Crippen molar-refractivity contribution in [1.82, 2.24) is 9.88 Å². The molecule has 0 aliphatic carbocycles. The first kappa shape index (κ1) is 15.9. The summed E-state index contributed by atoms with van der Waals surface area (Å²) < 4.78 is 19.1. The van der Waals surface area contributed by atoms with Crippen LogP contribution in [0.1, 0.15) is 19.0 Å². The second kappa shape index (κ2) is 6.64. The van der Waals surface area contributed by atoms with Crippen LogP contribution in [0.25, 0.3) is 0 Å². The molecule has 3 rings (SSSR count). The zero-order valence-electron chi connectivity index (χ0n) is 13.2. The van der Waals surface area contributed by atoms with E-state index in [1.165, 1.54) is 12.1 Å². The highest BCUT2D eigenvalue weighted by Crippen LogP contribution is 2.27. The van der Waals surface area contributed by atoms with Crippen LogP contribution in [0.4, 0.5) is 4.39 Å². The van der Waals surface area contributed by atoms with E-state index < -0.39 is 5.60 Å². The standard InChI is InChI=1S/C18H21FN2O2/c1-18(22)13-21(12-15-6-2-3-9-20-15)10-8-17(18)23-16-7-4-5-14(19)11-16/h2-7,9,11,17,22H,8,10,12-13H2,1H3/t17-,18-/m0/s1. The van der Waals surface area contributed by atoms with Gasteiger partial charge in [0, 0.05) is 31.9 Å². The molecule has 1 saturated heterocycles. The number of nitrogens with zero attached hydrogens (tertiary/aromatic N) is 2. The van der Waals surface area contributed by atoms with E-state index in [4.69, 9.17) is 4.74 Å². The number of ether oxygens (including phenoxy) is 1. The number of likely N-dealkylation sites (tertiary alicyclic amines) is 1. The van der Waals surface area contributed by atoms with Crippen molar-refractivity contribution in [3.8, 4) is 5.75 Å². The quantitative estimate of drug-likeness (QED) is 0.942. The first-order valence-corrected chi connectivity index (χ1v) is 7.80. The van der Waals surface area contributed by atoms with Crippen LogP contribution in [0.15, 0.2) is 48.7 Å². The summed E-state index contributed by atoms with van der Waals surface area (Å²) in [5.74, 6) is 0.114. The number of piperidine rings is 1. The van der Waals surface area contributed by atoms with Crippen LogP contribution >= 0.6 is 0 Å². The number of pyridine rings is 1. The molecule has 1 aliphatic rings. The molecule has 0 unspecified atom stereocenters. The van der Waals surface area contributed by atoms with Gasteiger partial charge in [0.1, 0.15) is 23.3 Å². The molecule has 0 saturated carbocycles. The van der Waals surface area contributed by atoms with E-state index >= 15 is 0 Å². The third-order valence-corrected chi connectivity index (χ3v) is 4.13. The number of β-amino-alcohol motifs (C(OH)–C–C–N with tert-alkyl or cyclic N) is 1. The molecule has 1 aliphatic heterocycles. The molecule has 4 nitrogen and oxygen atoms in total. The molecule has 2 heterocycles. The van der Waals surface area contributed by atoms with Crippen LogP contribution in [0.3, 0.4) is 0 Å². The second-order valence-corrected chi connectivity index (χ2v) is 6.24. The molecule has 1 fully saturated rings. The van der Waals surface area contributed by atoms with Crippen molar-refractivity contribution < 1.29 is 14.2 Å². The highest BCUT2D eigenvalue weighted by molar-refractivity contribution is 5.23. The van der Waals surface area contributed by atoms with Gasteiger partial charge in [0.2, 0.25) is 0 Å². The van der Waals surface area contributed by atoms with E-state index in [9.17, 15) is 9.50 Å². The van der Waals surface area contributed by atoms with E-state index in [0.29, 0.717) is 25.3 Å². The number of hydrogen-bond acceptors (Lipinski definition) is 4. The lowest BCUT2D eigenvalue weighted by atomic mass is 9.91. The summed E-state index contributed by atoms with van der Waals surface area (Å²) in [6.45, 7) is 3.75. The van der Waals surface area contributed by atoms with Gasteiger partial charge in [0.25, 0.3) is 0 Å². The predicted molar refractivity (Wildman–Crippen MR) is 85.6 cm³/mol.